The number of furan rings is 1. The molecule has 1 atom stereocenters. The van der Waals surface area contributed by atoms with E-state index in [0.29, 0.717) is 23.5 Å². The molecular weight excluding hydrogens is 465 g/mol. The molecule has 5 heterocycles. The molecule has 0 saturated carbocycles. The quantitative estimate of drug-likeness (QED) is 0.410. The third-order valence-corrected chi connectivity index (χ3v) is 5.94. The number of nitrogens with one attached hydrogen (secondary N) is 1. The highest BCUT2D eigenvalue weighted by molar-refractivity contribution is 5.94. The highest BCUT2D eigenvalue weighted by Crippen LogP contribution is 2.40. The summed E-state index contributed by atoms with van der Waals surface area (Å²) < 4.78 is 54.6. The summed E-state index contributed by atoms with van der Waals surface area (Å²) in [6, 6.07) is 8.19. The van der Waals surface area contributed by atoms with Crippen LogP contribution in [0.3, 0.4) is 0 Å². The van der Waals surface area contributed by atoms with E-state index in [1.807, 2.05) is 18.2 Å². The molecular formula is C23H17F3N6O3. The van der Waals surface area contributed by atoms with Gasteiger partial charge in [0.1, 0.15) is 17.4 Å². The number of nitrogens with zero attached hydrogens (tertiary/aromatic N) is 5. The van der Waals surface area contributed by atoms with Gasteiger partial charge in [-0.25, -0.2) is 9.97 Å². The topological polar surface area (TPSA) is 106 Å². The number of fused-ring (bicyclic) bond motifs is 2. The molecule has 35 heavy (non-hydrogen) atoms. The molecule has 5 aromatic rings. The Morgan fingerprint density at radius 2 is 2.06 bits per heavy atom. The summed E-state index contributed by atoms with van der Waals surface area (Å²) in [5.41, 5.74) is 0.706. The second-order valence-electron chi connectivity index (χ2n) is 8.20. The number of carbonyl (C=O) groups is 1. The molecule has 4 aromatic heterocycles. The van der Waals surface area contributed by atoms with E-state index in [-0.39, 0.29) is 18.0 Å². The zero-order chi connectivity index (χ0) is 24.3. The Kier molecular flexibility index (Phi) is 4.59. The number of para-hydroxylation sites is 1. The molecule has 1 aromatic carbocycles. The number of aromatic amines is 1. The Hall–Kier alpha value is -4.35. The highest BCUT2D eigenvalue weighted by Gasteiger charge is 2.45. The molecule has 0 radical (unpaired) electrons. The number of oxazole rings is 1. The Morgan fingerprint density at radius 3 is 2.80 bits per heavy atom. The van der Waals surface area contributed by atoms with Crippen LogP contribution in [0.2, 0.25) is 0 Å². The van der Waals surface area contributed by atoms with Crippen molar-refractivity contribution >= 4 is 16.9 Å². The zero-order valence-corrected chi connectivity index (χ0v) is 18.2. The molecule has 6 rings (SSSR count). The van der Waals surface area contributed by atoms with Crippen LogP contribution in [-0.2, 0) is 19.6 Å². The lowest BCUT2D eigenvalue weighted by Crippen LogP contribution is -2.41. The Morgan fingerprint density at radius 1 is 1.23 bits per heavy atom. The molecule has 1 amide bonds. The van der Waals surface area contributed by atoms with Crippen LogP contribution in [0.1, 0.15) is 39.4 Å². The highest BCUT2D eigenvalue weighted by atomic mass is 19.4. The van der Waals surface area contributed by atoms with E-state index in [1.165, 1.54) is 28.3 Å². The fourth-order valence-corrected chi connectivity index (χ4v) is 4.36. The summed E-state index contributed by atoms with van der Waals surface area (Å²) >= 11 is 0. The minimum atomic E-state index is -4.91. The van der Waals surface area contributed by atoms with Gasteiger partial charge in [0.2, 0.25) is 11.7 Å². The van der Waals surface area contributed by atoms with Gasteiger partial charge in [-0.3, -0.25) is 9.48 Å². The van der Waals surface area contributed by atoms with Crippen LogP contribution in [0.15, 0.2) is 57.9 Å². The molecule has 1 N–H and O–H groups in total. The minimum Gasteiger partial charge on any atom is -0.458 e. The van der Waals surface area contributed by atoms with Gasteiger partial charge in [0.25, 0.3) is 5.91 Å². The van der Waals surface area contributed by atoms with Gasteiger partial charge in [0.05, 0.1) is 23.8 Å². The predicted molar refractivity (Wildman–Crippen MR) is 115 cm³/mol. The number of alkyl halides is 3. The van der Waals surface area contributed by atoms with E-state index >= 15 is 0 Å². The summed E-state index contributed by atoms with van der Waals surface area (Å²) in [6.45, 7) is 0.121. The van der Waals surface area contributed by atoms with E-state index < -0.39 is 29.6 Å². The summed E-state index contributed by atoms with van der Waals surface area (Å²) in [6.07, 6.45) is -0.271. The van der Waals surface area contributed by atoms with Crippen molar-refractivity contribution < 1.29 is 26.8 Å². The summed E-state index contributed by atoms with van der Waals surface area (Å²) in [5, 5.41) is 4.73. The van der Waals surface area contributed by atoms with Gasteiger partial charge >= 0.3 is 6.18 Å². The Labute approximate surface area is 195 Å². The summed E-state index contributed by atoms with van der Waals surface area (Å²) in [7, 11) is 1.61. The van der Waals surface area contributed by atoms with Gasteiger partial charge < -0.3 is 18.7 Å². The standard InChI is InChI=1S/C23H17F3N6O3/c1-31-10-13(9-29-31)21-30-20(23(24,25)26)19(35-21)22(33)32-7-6-14-17(28-11-27-14)18(32)16-8-12-4-2-3-5-15(12)34-16/h2-5,8-11,18H,6-7H2,1H3,(H,27,28)/t18-/m1/s1. The maximum atomic E-state index is 13.9. The van der Waals surface area contributed by atoms with Crippen LogP contribution < -0.4 is 0 Å². The molecule has 178 valence electrons. The maximum Gasteiger partial charge on any atom is 0.437 e. The van der Waals surface area contributed by atoms with Crippen LogP contribution >= 0.6 is 0 Å². The summed E-state index contributed by atoms with van der Waals surface area (Å²) in [4.78, 5) is 25.9. The van der Waals surface area contributed by atoms with Crippen molar-refractivity contribution in [2.24, 2.45) is 7.05 Å². The number of hydrogen-bond acceptors (Lipinski definition) is 6. The van der Waals surface area contributed by atoms with E-state index in [9.17, 15) is 18.0 Å². The van der Waals surface area contributed by atoms with Gasteiger partial charge in [0.15, 0.2) is 5.69 Å². The Bertz CT molecular complexity index is 1530. The molecule has 0 bridgehead atoms. The van der Waals surface area contributed by atoms with Crippen molar-refractivity contribution in [2.45, 2.75) is 18.6 Å². The molecule has 0 saturated heterocycles. The van der Waals surface area contributed by atoms with Crippen LogP contribution in [0.25, 0.3) is 22.4 Å². The molecule has 0 fully saturated rings. The van der Waals surface area contributed by atoms with Crippen molar-refractivity contribution in [3.63, 3.8) is 0 Å². The number of hydrogen-bond donors (Lipinski definition) is 1. The van der Waals surface area contributed by atoms with Crippen molar-refractivity contribution in [2.75, 3.05) is 6.54 Å². The number of aryl methyl sites for hydroxylation is 1. The SMILES string of the molecule is Cn1cc(-c2nc(C(F)(F)F)c(C(=O)N3CCc4[nH]cnc4[C@H]3c3cc4ccccc4o3)o2)cn1. The van der Waals surface area contributed by atoms with E-state index in [1.54, 1.807) is 19.2 Å². The molecule has 1 aliphatic heterocycles. The van der Waals surface area contributed by atoms with Crippen molar-refractivity contribution in [1.82, 2.24) is 29.6 Å². The molecule has 0 spiro atoms. The second kappa shape index (κ2) is 7.58. The van der Waals surface area contributed by atoms with Gasteiger partial charge in [-0.15, -0.1) is 0 Å². The van der Waals surface area contributed by atoms with E-state index in [4.69, 9.17) is 8.83 Å². The number of H-pyrrole nitrogens is 1. The third-order valence-electron chi connectivity index (χ3n) is 5.94. The van der Waals surface area contributed by atoms with Gasteiger partial charge in [-0.2, -0.15) is 18.3 Å². The lowest BCUT2D eigenvalue weighted by atomic mass is 9.99. The van der Waals surface area contributed by atoms with Crippen LogP contribution in [-0.4, -0.2) is 42.1 Å². The minimum absolute atomic E-state index is 0.121. The number of rotatable bonds is 3. The van der Waals surface area contributed by atoms with Crippen LogP contribution in [0.4, 0.5) is 13.2 Å². The number of benzene rings is 1. The fraction of sp³-hybridized carbons (Fsp3) is 0.217. The van der Waals surface area contributed by atoms with Crippen LogP contribution in [0.5, 0.6) is 0 Å². The smallest absolute Gasteiger partial charge is 0.437 e. The summed E-state index contributed by atoms with van der Waals surface area (Å²) in [5.74, 6) is -1.81. The largest absolute Gasteiger partial charge is 0.458 e. The fourth-order valence-electron chi connectivity index (χ4n) is 4.36. The second-order valence-corrected chi connectivity index (χ2v) is 8.20. The first-order valence-corrected chi connectivity index (χ1v) is 10.7. The Balaban J connectivity index is 1.47. The predicted octanol–water partition coefficient (Wildman–Crippen LogP) is 4.35. The number of carbonyl (C=O) groups excluding carboxylic acids is 1. The average Bonchev–Trinajstić information content (AvgIpc) is 3.61. The first-order chi connectivity index (χ1) is 16.8. The van der Waals surface area contributed by atoms with Gasteiger partial charge in [-0.1, -0.05) is 18.2 Å². The lowest BCUT2D eigenvalue weighted by molar-refractivity contribution is -0.141. The number of amides is 1. The number of aromatic nitrogens is 5. The van der Waals surface area contributed by atoms with E-state index in [2.05, 4.69) is 20.1 Å². The van der Waals surface area contributed by atoms with Gasteiger partial charge in [0, 0.05) is 37.3 Å². The molecule has 12 heteroatoms. The van der Waals surface area contributed by atoms with Gasteiger partial charge in [-0.05, 0) is 12.1 Å². The van der Waals surface area contributed by atoms with Crippen molar-refractivity contribution in [1.29, 1.82) is 0 Å². The lowest BCUT2D eigenvalue weighted by Gasteiger charge is -2.33. The van der Waals surface area contributed by atoms with Crippen molar-refractivity contribution in [3.8, 4) is 11.5 Å². The average molecular weight is 482 g/mol. The molecule has 0 unspecified atom stereocenters. The molecule has 0 aliphatic carbocycles. The molecule has 9 nitrogen and oxygen atoms in total. The first kappa shape index (κ1) is 21.2. The van der Waals surface area contributed by atoms with E-state index in [0.717, 1.165) is 11.1 Å². The normalized spacial score (nSPS) is 16.1. The first-order valence-electron chi connectivity index (χ1n) is 10.7. The number of imidazole rings is 1. The maximum absolute atomic E-state index is 13.9. The number of halogens is 3. The molecule has 1 aliphatic rings. The zero-order valence-electron chi connectivity index (χ0n) is 18.2. The third kappa shape index (κ3) is 3.49. The van der Waals surface area contributed by atoms with Crippen LogP contribution in [0, 0.1) is 0 Å². The monoisotopic (exact) mass is 482 g/mol. The van der Waals surface area contributed by atoms with Crippen molar-refractivity contribution in [3.05, 3.63) is 77.7 Å².